The summed E-state index contributed by atoms with van der Waals surface area (Å²) >= 11 is 0. The number of amidine groups is 1. The van der Waals surface area contributed by atoms with Crippen molar-refractivity contribution in [2.45, 2.75) is 45.8 Å². The summed E-state index contributed by atoms with van der Waals surface area (Å²) in [5, 5.41) is 7.35. The van der Waals surface area contributed by atoms with Gasteiger partial charge in [-0.15, -0.1) is 0 Å². The van der Waals surface area contributed by atoms with Crippen molar-refractivity contribution in [2.24, 2.45) is 11.7 Å². The van der Waals surface area contributed by atoms with Gasteiger partial charge in [0.05, 0.1) is 18.2 Å². The maximum absolute atomic E-state index is 12.1. The van der Waals surface area contributed by atoms with E-state index in [1.165, 1.54) is 0 Å². The molecule has 1 rings (SSSR count). The minimum absolute atomic E-state index is 0.0324. The summed E-state index contributed by atoms with van der Waals surface area (Å²) < 4.78 is 10.4. The van der Waals surface area contributed by atoms with E-state index in [9.17, 15) is 9.59 Å². The Bertz CT molecular complexity index is 549. The average Bonchev–Trinajstić information content (AvgIpc) is 2.43. The topological polar surface area (TPSA) is 102 Å². The van der Waals surface area contributed by atoms with Gasteiger partial charge in [-0.1, -0.05) is 30.3 Å². The standard InChI is InChI=1S/C17H24N2O4/c1-17(2,3)23-16(21)13(9-14(18)19)10-15(20)22-11-12-7-5-4-6-8-12/h4-8,13H,9-11H2,1-3H3,(H3,18,19)/t13-/m1/s1. The highest BCUT2D eigenvalue weighted by molar-refractivity contribution is 5.86. The van der Waals surface area contributed by atoms with Gasteiger partial charge in [-0.05, 0) is 26.3 Å². The fraction of sp³-hybridized carbons (Fsp3) is 0.471. The minimum atomic E-state index is -0.810. The van der Waals surface area contributed by atoms with Gasteiger partial charge in [-0.25, -0.2) is 0 Å². The molecule has 0 aromatic heterocycles. The van der Waals surface area contributed by atoms with Crippen molar-refractivity contribution in [3.8, 4) is 0 Å². The summed E-state index contributed by atoms with van der Waals surface area (Å²) in [5.74, 6) is -2.05. The SMILES string of the molecule is CC(C)(C)OC(=O)[C@H](CC(=N)N)CC(=O)OCc1ccccc1. The zero-order chi connectivity index (χ0) is 17.5. The molecule has 23 heavy (non-hydrogen) atoms. The van der Waals surface area contributed by atoms with Crippen LogP contribution in [0, 0.1) is 11.3 Å². The minimum Gasteiger partial charge on any atom is -0.461 e. The van der Waals surface area contributed by atoms with Crippen molar-refractivity contribution in [3.63, 3.8) is 0 Å². The van der Waals surface area contributed by atoms with E-state index >= 15 is 0 Å². The molecule has 0 fully saturated rings. The normalized spacial score (nSPS) is 12.3. The predicted octanol–water partition coefficient (Wildman–Crippen LogP) is 2.40. The van der Waals surface area contributed by atoms with Crippen LogP contribution in [0.2, 0.25) is 0 Å². The van der Waals surface area contributed by atoms with Crippen LogP contribution in [0.1, 0.15) is 39.2 Å². The monoisotopic (exact) mass is 320 g/mol. The van der Waals surface area contributed by atoms with Crippen LogP contribution in [0.3, 0.4) is 0 Å². The highest BCUT2D eigenvalue weighted by Gasteiger charge is 2.28. The molecule has 0 amide bonds. The Balaban J connectivity index is 2.60. The molecule has 0 aliphatic rings. The largest absolute Gasteiger partial charge is 0.461 e. The zero-order valence-corrected chi connectivity index (χ0v) is 13.8. The van der Waals surface area contributed by atoms with Crippen LogP contribution in [-0.2, 0) is 25.7 Å². The van der Waals surface area contributed by atoms with E-state index in [0.29, 0.717) is 0 Å². The number of benzene rings is 1. The first-order chi connectivity index (χ1) is 10.7. The van der Waals surface area contributed by atoms with Crippen molar-refractivity contribution in [1.29, 1.82) is 5.41 Å². The molecule has 0 radical (unpaired) electrons. The van der Waals surface area contributed by atoms with Gasteiger partial charge >= 0.3 is 11.9 Å². The van der Waals surface area contributed by atoms with E-state index in [0.717, 1.165) is 5.56 Å². The Morgan fingerprint density at radius 2 is 1.78 bits per heavy atom. The lowest BCUT2D eigenvalue weighted by Crippen LogP contribution is -2.32. The number of esters is 2. The van der Waals surface area contributed by atoms with Gasteiger partial charge in [0.2, 0.25) is 0 Å². The highest BCUT2D eigenvalue weighted by atomic mass is 16.6. The molecule has 0 aliphatic heterocycles. The number of ether oxygens (including phenoxy) is 2. The van der Waals surface area contributed by atoms with Gasteiger partial charge in [0.15, 0.2) is 0 Å². The van der Waals surface area contributed by atoms with Crippen LogP contribution >= 0.6 is 0 Å². The molecule has 0 heterocycles. The van der Waals surface area contributed by atoms with Crippen LogP contribution in [0.25, 0.3) is 0 Å². The first kappa shape index (κ1) is 18.7. The Morgan fingerprint density at radius 3 is 2.30 bits per heavy atom. The van der Waals surface area contributed by atoms with Gasteiger partial charge in [0.25, 0.3) is 0 Å². The van der Waals surface area contributed by atoms with Crippen molar-refractivity contribution >= 4 is 17.8 Å². The molecule has 0 spiro atoms. The van der Waals surface area contributed by atoms with E-state index in [-0.39, 0.29) is 25.3 Å². The third-order valence-corrected chi connectivity index (χ3v) is 2.86. The third kappa shape index (κ3) is 7.99. The molecule has 0 bridgehead atoms. The third-order valence-electron chi connectivity index (χ3n) is 2.86. The molecule has 0 aliphatic carbocycles. The van der Waals surface area contributed by atoms with Crippen molar-refractivity contribution < 1.29 is 19.1 Å². The second-order valence-corrected chi connectivity index (χ2v) is 6.31. The zero-order valence-electron chi connectivity index (χ0n) is 13.8. The maximum Gasteiger partial charge on any atom is 0.310 e. The van der Waals surface area contributed by atoms with Gasteiger partial charge in [0.1, 0.15) is 12.2 Å². The van der Waals surface area contributed by atoms with Gasteiger partial charge in [-0.3, -0.25) is 15.0 Å². The van der Waals surface area contributed by atoms with Crippen LogP contribution < -0.4 is 5.73 Å². The van der Waals surface area contributed by atoms with Crippen LogP contribution in [0.4, 0.5) is 0 Å². The number of nitrogens with two attached hydrogens (primary N) is 1. The quantitative estimate of drug-likeness (QED) is 0.456. The molecule has 0 saturated heterocycles. The van der Waals surface area contributed by atoms with E-state index < -0.39 is 23.5 Å². The molecular formula is C17H24N2O4. The summed E-state index contributed by atoms with van der Waals surface area (Å²) in [6.45, 7) is 5.36. The van der Waals surface area contributed by atoms with Crippen molar-refractivity contribution in [3.05, 3.63) is 35.9 Å². The lowest BCUT2D eigenvalue weighted by molar-refractivity contribution is -0.163. The average molecular weight is 320 g/mol. The van der Waals surface area contributed by atoms with E-state index in [1.54, 1.807) is 20.8 Å². The lowest BCUT2D eigenvalue weighted by Gasteiger charge is -2.23. The number of rotatable bonds is 7. The van der Waals surface area contributed by atoms with Gasteiger partial charge in [0, 0.05) is 6.42 Å². The second kappa shape index (κ2) is 8.31. The molecule has 6 heteroatoms. The van der Waals surface area contributed by atoms with Crippen LogP contribution in [0.5, 0.6) is 0 Å². The van der Waals surface area contributed by atoms with Crippen molar-refractivity contribution in [1.82, 2.24) is 0 Å². The summed E-state index contributed by atoms with van der Waals surface area (Å²) in [6.07, 6.45) is -0.198. The molecule has 0 saturated carbocycles. The van der Waals surface area contributed by atoms with Crippen molar-refractivity contribution in [2.75, 3.05) is 0 Å². The van der Waals surface area contributed by atoms with Crippen LogP contribution in [-0.4, -0.2) is 23.4 Å². The number of hydrogen-bond acceptors (Lipinski definition) is 5. The fourth-order valence-electron chi connectivity index (χ4n) is 1.89. The fourth-order valence-corrected chi connectivity index (χ4v) is 1.89. The van der Waals surface area contributed by atoms with E-state index in [1.807, 2.05) is 30.3 Å². The summed E-state index contributed by atoms with van der Waals surface area (Å²) in [4.78, 5) is 24.1. The first-order valence-electron chi connectivity index (χ1n) is 7.42. The molecule has 3 N–H and O–H groups in total. The Kier molecular flexibility index (Phi) is 6.75. The Morgan fingerprint density at radius 1 is 1.17 bits per heavy atom. The van der Waals surface area contributed by atoms with Crippen LogP contribution in [0.15, 0.2) is 30.3 Å². The number of hydrogen-bond donors (Lipinski definition) is 2. The maximum atomic E-state index is 12.1. The molecular weight excluding hydrogens is 296 g/mol. The smallest absolute Gasteiger partial charge is 0.310 e. The Hall–Kier alpha value is -2.37. The van der Waals surface area contributed by atoms with E-state index in [2.05, 4.69) is 0 Å². The predicted molar refractivity (Wildman–Crippen MR) is 86.7 cm³/mol. The molecule has 1 atom stereocenters. The first-order valence-corrected chi connectivity index (χ1v) is 7.42. The van der Waals surface area contributed by atoms with Gasteiger partial charge in [-0.2, -0.15) is 0 Å². The summed E-state index contributed by atoms with van der Waals surface area (Å²) in [7, 11) is 0. The van der Waals surface area contributed by atoms with E-state index in [4.69, 9.17) is 20.6 Å². The van der Waals surface area contributed by atoms with Gasteiger partial charge < -0.3 is 15.2 Å². The lowest BCUT2D eigenvalue weighted by atomic mass is 10.0. The Labute approximate surface area is 136 Å². The molecule has 0 unspecified atom stereocenters. The molecule has 1 aromatic carbocycles. The number of carbonyl (C=O) groups is 2. The molecule has 6 nitrogen and oxygen atoms in total. The summed E-state index contributed by atoms with van der Waals surface area (Å²) in [5.41, 5.74) is 5.55. The molecule has 1 aromatic rings. The highest BCUT2D eigenvalue weighted by Crippen LogP contribution is 2.17. The summed E-state index contributed by atoms with van der Waals surface area (Å²) in [6, 6.07) is 9.25. The number of nitrogens with one attached hydrogen (secondary N) is 1. The second-order valence-electron chi connectivity index (χ2n) is 6.31. The molecule has 126 valence electrons. The number of carbonyl (C=O) groups excluding carboxylic acids is 2.